The first-order chi connectivity index (χ1) is 16.8. The lowest BCUT2D eigenvalue weighted by molar-refractivity contribution is 0.668. The fourth-order valence-electron chi connectivity index (χ4n) is 5.60. The molecule has 0 radical (unpaired) electrons. The summed E-state index contributed by atoms with van der Waals surface area (Å²) in [5, 5.41) is 7.01. The molecule has 34 heavy (non-hydrogen) atoms. The van der Waals surface area contributed by atoms with E-state index in [9.17, 15) is 0 Å². The first-order valence-electron chi connectivity index (χ1n) is 11.5. The monoisotopic (exact) mass is 437 g/mol. The highest BCUT2D eigenvalue weighted by molar-refractivity contribution is 6.17. The third-order valence-corrected chi connectivity index (χ3v) is 7.12. The van der Waals surface area contributed by atoms with Crippen molar-refractivity contribution in [3.63, 3.8) is 0 Å². The predicted molar refractivity (Wildman–Crippen MR) is 140 cm³/mol. The minimum atomic E-state index is 0.914. The SMILES string of the molecule is Cc1cccc2oc3ccc(-n4c5ccccc5c5cc6oc7ccccc7c6cc54)cc3c12. The van der Waals surface area contributed by atoms with Crippen molar-refractivity contribution in [2.75, 3.05) is 0 Å². The molecule has 0 aliphatic heterocycles. The molecule has 5 aromatic carbocycles. The highest BCUT2D eigenvalue weighted by Gasteiger charge is 2.17. The summed E-state index contributed by atoms with van der Waals surface area (Å²) in [6.07, 6.45) is 0. The van der Waals surface area contributed by atoms with Gasteiger partial charge in [-0.3, -0.25) is 0 Å². The van der Waals surface area contributed by atoms with Crippen LogP contribution in [0.15, 0.2) is 106 Å². The second-order valence-corrected chi connectivity index (χ2v) is 9.05. The molecule has 0 aliphatic rings. The fraction of sp³-hybridized carbons (Fsp3) is 0.0323. The molecule has 3 aromatic heterocycles. The van der Waals surface area contributed by atoms with Crippen LogP contribution in [0, 0.1) is 6.92 Å². The number of hydrogen-bond donors (Lipinski definition) is 0. The topological polar surface area (TPSA) is 31.2 Å². The first-order valence-corrected chi connectivity index (χ1v) is 11.5. The van der Waals surface area contributed by atoms with Gasteiger partial charge in [-0.2, -0.15) is 0 Å². The number of nitrogens with zero attached hydrogens (tertiary/aromatic N) is 1. The van der Waals surface area contributed by atoms with E-state index in [1.54, 1.807) is 0 Å². The van der Waals surface area contributed by atoms with Gasteiger partial charge in [-0.15, -0.1) is 0 Å². The number of fused-ring (bicyclic) bond motifs is 9. The first kappa shape index (κ1) is 18.0. The molecule has 0 saturated carbocycles. The van der Waals surface area contributed by atoms with Gasteiger partial charge in [0.25, 0.3) is 0 Å². The van der Waals surface area contributed by atoms with E-state index >= 15 is 0 Å². The summed E-state index contributed by atoms with van der Waals surface area (Å²) in [7, 11) is 0. The molecule has 0 aliphatic carbocycles. The molecule has 0 atom stereocenters. The summed E-state index contributed by atoms with van der Waals surface area (Å²) >= 11 is 0. The molecule has 8 rings (SSSR count). The average molecular weight is 437 g/mol. The third-order valence-electron chi connectivity index (χ3n) is 7.12. The van der Waals surface area contributed by atoms with Crippen LogP contribution >= 0.6 is 0 Å². The van der Waals surface area contributed by atoms with Crippen molar-refractivity contribution in [3.05, 3.63) is 103 Å². The van der Waals surface area contributed by atoms with E-state index in [1.807, 2.05) is 18.2 Å². The van der Waals surface area contributed by atoms with Crippen LogP contribution in [0.25, 0.3) is 71.4 Å². The minimum Gasteiger partial charge on any atom is -0.456 e. The Kier molecular flexibility index (Phi) is 3.33. The van der Waals surface area contributed by atoms with Crippen molar-refractivity contribution in [2.24, 2.45) is 0 Å². The van der Waals surface area contributed by atoms with Crippen LogP contribution in [-0.4, -0.2) is 4.57 Å². The van der Waals surface area contributed by atoms with Gasteiger partial charge in [0.15, 0.2) is 0 Å². The van der Waals surface area contributed by atoms with Crippen LogP contribution in [-0.2, 0) is 0 Å². The van der Waals surface area contributed by atoms with Crippen molar-refractivity contribution in [3.8, 4) is 5.69 Å². The summed E-state index contributed by atoms with van der Waals surface area (Å²) in [4.78, 5) is 0. The van der Waals surface area contributed by atoms with Crippen LogP contribution in [0.4, 0.5) is 0 Å². The van der Waals surface area contributed by atoms with Gasteiger partial charge in [-0.05, 0) is 61.0 Å². The highest BCUT2D eigenvalue weighted by atomic mass is 16.3. The zero-order chi connectivity index (χ0) is 22.4. The van der Waals surface area contributed by atoms with E-state index in [0.717, 1.165) is 44.2 Å². The van der Waals surface area contributed by atoms with Crippen LogP contribution in [0.2, 0.25) is 0 Å². The minimum absolute atomic E-state index is 0.914. The maximum Gasteiger partial charge on any atom is 0.136 e. The summed E-state index contributed by atoms with van der Waals surface area (Å²) in [5.41, 5.74) is 8.38. The maximum atomic E-state index is 6.21. The zero-order valence-corrected chi connectivity index (χ0v) is 18.5. The Hall–Kier alpha value is -4.50. The van der Waals surface area contributed by atoms with E-state index in [-0.39, 0.29) is 0 Å². The highest BCUT2D eigenvalue weighted by Crippen LogP contribution is 2.39. The van der Waals surface area contributed by atoms with Crippen molar-refractivity contribution in [1.82, 2.24) is 4.57 Å². The van der Waals surface area contributed by atoms with Gasteiger partial charge in [0.05, 0.1) is 11.0 Å². The van der Waals surface area contributed by atoms with Crippen LogP contribution in [0.3, 0.4) is 0 Å². The molecule has 0 unspecified atom stereocenters. The molecule has 3 nitrogen and oxygen atoms in total. The molecule has 160 valence electrons. The summed E-state index contributed by atoms with van der Waals surface area (Å²) in [6.45, 7) is 2.14. The number of aryl methyl sites for hydroxylation is 1. The Balaban J connectivity index is 1.53. The molecule has 8 aromatic rings. The lowest BCUT2D eigenvalue weighted by atomic mass is 10.1. The molecule has 0 N–H and O–H groups in total. The van der Waals surface area contributed by atoms with Gasteiger partial charge < -0.3 is 13.4 Å². The summed E-state index contributed by atoms with van der Waals surface area (Å²) < 4.78 is 14.7. The molecular formula is C31H19NO2. The lowest BCUT2D eigenvalue weighted by Gasteiger charge is -2.08. The Bertz CT molecular complexity index is 2080. The molecular weight excluding hydrogens is 418 g/mol. The number of furan rings is 2. The number of aromatic nitrogens is 1. The Morgan fingerprint density at radius 1 is 0.500 bits per heavy atom. The normalized spacial score (nSPS) is 12.3. The van der Waals surface area contributed by atoms with E-state index in [2.05, 4.69) is 90.4 Å². The van der Waals surface area contributed by atoms with E-state index in [0.29, 0.717) is 0 Å². The van der Waals surface area contributed by atoms with E-state index in [1.165, 1.54) is 32.8 Å². The Morgan fingerprint density at radius 3 is 2.21 bits per heavy atom. The van der Waals surface area contributed by atoms with Gasteiger partial charge >= 0.3 is 0 Å². The van der Waals surface area contributed by atoms with E-state index in [4.69, 9.17) is 8.83 Å². The van der Waals surface area contributed by atoms with Gasteiger partial charge in [0.2, 0.25) is 0 Å². The fourth-order valence-corrected chi connectivity index (χ4v) is 5.60. The zero-order valence-electron chi connectivity index (χ0n) is 18.5. The molecule has 0 saturated heterocycles. The number of para-hydroxylation sites is 2. The predicted octanol–water partition coefficient (Wildman–Crippen LogP) is 8.89. The smallest absolute Gasteiger partial charge is 0.136 e. The molecule has 0 amide bonds. The van der Waals surface area contributed by atoms with Crippen LogP contribution in [0.1, 0.15) is 5.56 Å². The van der Waals surface area contributed by atoms with E-state index < -0.39 is 0 Å². The maximum absolute atomic E-state index is 6.21. The average Bonchev–Trinajstić information content (AvgIpc) is 3.52. The number of hydrogen-bond acceptors (Lipinski definition) is 2. The van der Waals surface area contributed by atoms with Crippen molar-refractivity contribution in [2.45, 2.75) is 6.92 Å². The molecule has 3 heteroatoms. The van der Waals surface area contributed by atoms with Gasteiger partial charge in [-0.25, -0.2) is 0 Å². The molecule has 0 fully saturated rings. The van der Waals surface area contributed by atoms with Crippen molar-refractivity contribution in [1.29, 1.82) is 0 Å². The second kappa shape index (κ2) is 6.30. The Morgan fingerprint density at radius 2 is 1.26 bits per heavy atom. The number of benzene rings is 5. The van der Waals surface area contributed by atoms with Gasteiger partial charge in [0, 0.05) is 38.0 Å². The standard InChI is InChI=1S/C31H19NO2/c1-18-7-6-12-29-31(18)24-15-19(13-14-28(24)33-29)32-25-10-4-2-8-20(25)22-17-30-23(16-26(22)32)21-9-3-5-11-27(21)34-30/h2-17H,1H3. The largest absolute Gasteiger partial charge is 0.456 e. The lowest BCUT2D eigenvalue weighted by Crippen LogP contribution is -1.93. The quantitative estimate of drug-likeness (QED) is 0.257. The molecule has 3 heterocycles. The third kappa shape index (κ3) is 2.26. The van der Waals surface area contributed by atoms with Gasteiger partial charge in [-0.1, -0.05) is 48.5 Å². The summed E-state index contributed by atoms with van der Waals surface area (Å²) in [5.74, 6) is 0. The van der Waals surface area contributed by atoms with Crippen LogP contribution < -0.4 is 0 Å². The van der Waals surface area contributed by atoms with Crippen LogP contribution in [0.5, 0.6) is 0 Å². The molecule has 0 bridgehead atoms. The second-order valence-electron chi connectivity index (χ2n) is 9.05. The van der Waals surface area contributed by atoms with Crippen molar-refractivity contribution >= 4 is 65.7 Å². The summed E-state index contributed by atoms with van der Waals surface area (Å²) in [6, 6.07) is 34.1. The Labute approximate surface area is 194 Å². The van der Waals surface area contributed by atoms with Gasteiger partial charge in [0.1, 0.15) is 22.3 Å². The van der Waals surface area contributed by atoms with Crippen molar-refractivity contribution < 1.29 is 8.83 Å². The molecule has 0 spiro atoms. The number of rotatable bonds is 1.